The van der Waals surface area contributed by atoms with E-state index in [-0.39, 0.29) is 103 Å². The first kappa shape index (κ1) is 107. The molecule has 766 valence electrons. The summed E-state index contributed by atoms with van der Waals surface area (Å²) in [4.78, 5) is 117. The second kappa shape index (κ2) is 49.8. The highest BCUT2D eigenvalue weighted by molar-refractivity contribution is 7.86. The zero-order chi connectivity index (χ0) is 102. The summed E-state index contributed by atoms with van der Waals surface area (Å²) in [6.45, 7) is 36.2. The number of amides is 6. The number of hydrogen-bond acceptors (Lipinski definition) is 23. The van der Waals surface area contributed by atoms with Crippen molar-refractivity contribution in [3.8, 4) is 17.2 Å². The number of hydrogen-bond donors (Lipinski definition) is 4. The van der Waals surface area contributed by atoms with Crippen LogP contribution in [0.1, 0.15) is 258 Å². The van der Waals surface area contributed by atoms with Gasteiger partial charge >= 0.3 is 24.7 Å². The average molecular weight is 1970 g/mol. The fourth-order valence-corrected chi connectivity index (χ4v) is 18.1. The lowest BCUT2D eigenvalue weighted by Crippen LogP contribution is -2.39. The van der Waals surface area contributed by atoms with E-state index < -0.39 is 39.6 Å². The largest absolute Gasteiger partial charge is 0.537 e. The molecule has 3 aromatic carbocycles. The summed E-state index contributed by atoms with van der Waals surface area (Å²) in [6.07, 6.45) is 8.72. The van der Waals surface area contributed by atoms with Gasteiger partial charge in [-0.3, -0.25) is 50.1 Å². The van der Waals surface area contributed by atoms with Gasteiger partial charge in [-0.2, -0.15) is 25.8 Å². The molecule has 138 heavy (non-hydrogen) atoms. The van der Waals surface area contributed by atoms with Gasteiger partial charge in [0.05, 0.1) is 34.7 Å². The molecule has 0 bridgehead atoms. The molecule has 12 heterocycles. The second-order valence-corrected chi connectivity index (χ2v) is 38.0. The Kier molecular flexibility index (Phi) is 38.6. The number of fused-ring (bicyclic) bond motifs is 3. The lowest BCUT2D eigenvalue weighted by atomic mass is 10.1. The molecule has 6 aliphatic rings. The van der Waals surface area contributed by atoms with Gasteiger partial charge in [-0.05, 0) is 264 Å². The number of pyridine rings is 3. The number of aromatic nitrogens is 9. The van der Waals surface area contributed by atoms with Gasteiger partial charge < -0.3 is 67.2 Å². The molecule has 6 amide bonds. The van der Waals surface area contributed by atoms with Crippen molar-refractivity contribution < 1.29 is 102 Å². The predicted octanol–water partition coefficient (Wildman–Crippen LogP) is 20.4. The Morgan fingerprint density at radius 3 is 1.09 bits per heavy atom. The van der Waals surface area contributed by atoms with Crippen molar-refractivity contribution in [2.45, 2.75) is 262 Å². The van der Waals surface area contributed by atoms with Gasteiger partial charge in [-0.15, -0.1) is 13.2 Å². The van der Waals surface area contributed by atoms with Gasteiger partial charge in [0.1, 0.15) is 63.3 Å². The lowest BCUT2D eigenvalue weighted by molar-refractivity contribution is -0.272. The standard InChI is InChI=1S/C32H44N6O4.C30H40N6O4.C30H38N6O3.C3H2F6O3S.4CH4.4H2/c1-6-36-18-14-25(15-19-36)41-27-12-9-11-26-28(27)38(30(34-26)35-29(39)23-13-16-33-22(2)20-23)24-10-7-8-17-37(21-24)31(40)42-32(3,4)5;1-20-18-21(11-16-32-20)27(37)34-28-33-24-9-7-10-25(39-23-12-14-31-15-13-23)26(24)36(28)22-8-5-6-17-35(19-22)29(38)40-30(2,3)4;1-4-27(37)35-16-7-6-9-23(20-35)36-28-25(32-30(36)33-29(38)22-12-15-31-21(3)19-22)10-8-11-26(28)39-24-13-17-34(5-2)18-14-24;4-2(5,6)1-13(10,11)12-3(7,8)9;;;;;;;;/h9,11-13,16,20,24-25H,6-8,10,14-15,17-19,21H2,1-5H3,(H,34,35,39);7,9-11,16,18,22-23,31H,5-6,8,12-15,17,19H2,1-4H3,(H,33,34,37);4,8,10-12,15,19,23-24H,1,5-7,9,13-14,16-18,20H2,2-3H3,(H,32,33,38);1H2;4*1H4;4*1H/t24-;22-;23-;;;;;;;;;/m111........./s1/i;;;;;;;;3*1+1D;1+1. The quantitative estimate of drug-likeness (QED) is 0.0313. The van der Waals surface area contributed by atoms with Gasteiger partial charge in [-0.1, -0.05) is 68.3 Å². The summed E-state index contributed by atoms with van der Waals surface area (Å²) in [5, 5.41) is 12.6. The maximum atomic E-state index is 13.4. The van der Waals surface area contributed by atoms with E-state index in [1.165, 1.54) is 6.08 Å². The normalized spacial score (nSPS) is 18.2. The number of likely N-dealkylation sites (tertiary alicyclic amines) is 5. The number of benzene rings is 3. The van der Waals surface area contributed by atoms with Gasteiger partial charge in [0.15, 0.2) is 5.75 Å². The van der Waals surface area contributed by atoms with Crippen molar-refractivity contribution in [2.75, 3.05) is 113 Å². The molecule has 4 N–H and O–H groups in total. The number of carbonyl (C=O) groups is 6. The SMILES string of the molecule is C.C.C.C.C=CC(=O)N1CCCC[C@@H](n2c(NC(=O)c3ccnc(C)c3)nc3cccc(OC4CCN(CC)CC4)c32)C1.CCN1CCC(Oc2cccc3nc(NC(=O)c4ccnc(C)c4)n([C@@H]4CCCCN(C(=O)OC(C)(C)C)C4)c23)CC1.Cc1cc(C(=O)Nc2nc3cccc(OC4CCNCC4)c3n2[C@@H]2CCCCN(C(=O)OC(C)(C)C)C2)ccn1.O=S(=O)(CC(F)(F)F)OC(F)(F)F.[2HH].[2H][2H].[2H][2H].[2H][2H]. The molecule has 0 unspecified atom stereocenters. The predicted molar refractivity (Wildman–Crippen MR) is 531 cm³/mol. The van der Waals surface area contributed by atoms with Crippen molar-refractivity contribution in [2.24, 2.45) is 0 Å². The number of alkyl halides is 6. The zero-order valence-corrected chi connectivity index (χ0v) is 78.8. The minimum Gasteiger partial charge on any atom is -0.488 e. The number of para-hydroxylation sites is 3. The molecule has 15 rings (SSSR count). The molecule has 6 aliphatic heterocycles. The second-order valence-electron chi connectivity index (χ2n) is 36.4. The number of nitrogens with zero attached hydrogens (tertiary/aromatic N) is 14. The molecule has 0 radical (unpaired) electrons. The van der Waals surface area contributed by atoms with Crippen LogP contribution in [0.2, 0.25) is 0 Å². The molecule has 39 heteroatoms. The molecule has 0 aliphatic carbocycles. The van der Waals surface area contributed by atoms with Crippen LogP contribution < -0.4 is 35.5 Å². The number of carbonyl (C=O) groups excluding carboxylic acids is 6. The van der Waals surface area contributed by atoms with Gasteiger partial charge in [-0.25, -0.2) is 24.5 Å². The first-order chi connectivity index (χ1) is 66.7. The molecule has 32 nitrogen and oxygen atoms in total. The van der Waals surface area contributed by atoms with E-state index in [0.717, 1.165) is 216 Å². The van der Waals surface area contributed by atoms with Crippen LogP contribution in [-0.4, -0.2) is 252 Å². The van der Waals surface area contributed by atoms with E-state index in [1.54, 1.807) is 64.8 Å². The molecular weight excluding hydrogens is 1810 g/mol. The van der Waals surface area contributed by atoms with Crippen molar-refractivity contribution >= 4 is 96.9 Å². The Morgan fingerprint density at radius 1 is 0.471 bits per heavy atom. The summed E-state index contributed by atoms with van der Waals surface area (Å²) in [6, 6.07) is 27.7. The van der Waals surface area contributed by atoms with Gasteiger partial charge in [0.2, 0.25) is 23.8 Å². The molecule has 9 aromatic rings. The highest BCUT2D eigenvalue weighted by atomic mass is 32.2. The minimum absolute atomic E-state index is 0. The Morgan fingerprint density at radius 2 is 0.790 bits per heavy atom. The van der Waals surface area contributed by atoms with Crippen LogP contribution in [-0.2, 0) is 28.6 Å². The summed E-state index contributed by atoms with van der Waals surface area (Å²) in [7, 11) is -5.65. The van der Waals surface area contributed by atoms with E-state index in [2.05, 4.69) is 84.3 Å². The summed E-state index contributed by atoms with van der Waals surface area (Å²) in [5.41, 5.74) is 7.42. The average Bonchev–Trinajstić information content (AvgIpc) is 1.62. The molecule has 0 spiro atoms. The molecule has 0 saturated carbocycles. The topological polar surface area (TPSA) is 348 Å². The highest BCUT2D eigenvalue weighted by Gasteiger charge is 2.44. The summed E-state index contributed by atoms with van der Waals surface area (Å²) >= 11 is 0. The third-order valence-corrected chi connectivity index (χ3v) is 24.8. The first-order valence-electron chi connectivity index (χ1n) is 49.0. The zero-order valence-electron chi connectivity index (χ0n) is 84.0. The van der Waals surface area contributed by atoms with Crippen LogP contribution in [0.5, 0.6) is 17.2 Å². The number of piperidine rings is 3. The van der Waals surface area contributed by atoms with Crippen molar-refractivity contribution in [3.05, 3.63) is 156 Å². The lowest BCUT2D eigenvalue weighted by Gasteiger charge is -2.32. The monoisotopic (exact) mass is 1970 g/mol. The third kappa shape index (κ3) is 31.5. The number of ether oxygens (including phenoxy) is 5. The maximum absolute atomic E-state index is 13.4. The van der Waals surface area contributed by atoms with E-state index in [4.69, 9.17) is 47.5 Å². The third-order valence-electron chi connectivity index (χ3n) is 23.7. The van der Waals surface area contributed by atoms with E-state index >= 15 is 0 Å². The molecule has 6 aromatic heterocycles. The minimum atomic E-state index is -5.65. The maximum Gasteiger partial charge on any atom is 0.537 e. The van der Waals surface area contributed by atoms with Crippen molar-refractivity contribution in [1.29, 1.82) is 0 Å². The Bertz CT molecular complexity index is 5700. The number of anilines is 3. The summed E-state index contributed by atoms with van der Waals surface area (Å²) in [5.74, 6) is 0.0736. The highest BCUT2D eigenvalue weighted by Crippen LogP contribution is 2.42. The number of nitrogens with one attached hydrogen (secondary N) is 4. The van der Waals surface area contributed by atoms with Gasteiger partial charge in [0.25, 0.3) is 27.8 Å². The molecule has 6 saturated heterocycles. The van der Waals surface area contributed by atoms with Crippen molar-refractivity contribution in [3.63, 3.8) is 0 Å². The number of aryl methyl sites for hydroxylation is 3. The van der Waals surface area contributed by atoms with E-state index in [0.29, 0.717) is 73.8 Å². The molecular formula is C99H148F6N18O14S. The van der Waals surface area contributed by atoms with Crippen LogP contribution in [0.25, 0.3) is 33.1 Å². The van der Waals surface area contributed by atoms with Crippen LogP contribution in [0, 0.1) is 20.8 Å². The number of halogens is 6. The first-order valence-corrected chi connectivity index (χ1v) is 47.6. The van der Waals surface area contributed by atoms with Gasteiger partial charge in [0, 0.05) is 128 Å². The van der Waals surface area contributed by atoms with Crippen LogP contribution >= 0.6 is 0 Å². The molecule has 6 fully saturated rings. The fourth-order valence-electron chi connectivity index (χ4n) is 17.4. The van der Waals surface area contributed by atoms with Crippen LogP contribution in [0.15, 0.2) is 122 Å². The van der Waals surface area contributed by atoms with Crippen LogP contribution in [0.3, 0.4) is 0 Å². The molecule has 3 atom stereocenters. The smallest absolute Gasteiger partial charge is 0.488 e. The van der Waals surface area contributed by atoms with E-state index in [9.17, 15) is 63.5 Å². The Balaban J connectivity index is 0.000000409. The fraction of sp³-hybridized carbons (Fsp3) is 0.556. The van der Waals surface area contributed by atoms with Crippen molar-refractivity contribution in [1.82, 2.24) is 73.4 Å². The number of rotatable bonds is 20. The van der Waals surface area contributed by atoms with E-state index in [1.807, 2.05) is 122 Å². The Hall–Kier alpha value is -11.6. The van der Waals surface area contributed by atoms with Crippen LogP contribution in [0.4, 0.5) is 53.8 Å². The number of imidazole rings is 3. The summed E-state index contributed by atoms with van der Waals surface area (Å²) < 4.78 is 157. The Labute approximate surface area is 817 Å².